The molecule has 1 aliphatic heterocycles. The van der Waals surface area contributed by atoms with E-state index >= 15 is 0 Å². The molecule has 1 N–H and O–H groups in total. The van der Waals surface area contributed by atoms with Crippen molar-refractivity contribution in [1.29, 1.82) is 0 Å². The normalized spacial score (nSPS) is 19.7. The third-order valence-electron chi connectivity index (χ3n) is 6.95. The highest BCUT2D eigenvalue weighted by Crippen LogP contribution is 2.38. The van der Waals surface area contributed by atoms with Gasteiger partial charge in [-0.25, -0.2) is 4.98 Å². The van der Waals surface area contributed by atoms with Gasteiger partial charge in [-0.15, -0.1) is 0 Å². The minimum absolute atomic E-state index is 0.0356. The molecule has 2 bridgehead atoms. The van der Waals surface area contributed by atoms with Crippen molar-refractivity contribution in [1.82, 2.24) is 14.5 Å². The number of carbonyl (C=O) groups excluding carboxylic acids is 2. The van der Waals surface area contributed by atoms with E-state index in [1.54, 1.807) is 7.11 Å². The van der Waals surface area contributed by atoms with Gasteiger partial charge >= 0.3 is 0 Å². The molecule has 0 radical (unpaired) electrons. The summed E-state index contributed by atoms with van der Waals surface area (Å²) >= 11 is 0. The molecule has 5 rings (SSSR count). The van der Waals surface area contributed by atoms with Crippen LogP contribution in [0.3, 0.4) is 0 Å². The number of nitrogens with one attached hydrogen (secondary N) is 1. The average Bonchev–Trinajstić information content (AvgIpc) is 3.33. The van der Waals surface area contributed by atoms with E-state index in [4.69, 9.17) is 9.72 Å². The van der Waals surface area contributed by atoms with Crippen molar-refractivity contribution in [2.45, 2.75) is 52.1 Å². The van der Waals surface area contributed by atoms with Crippen molar-refractivity contribution < 1.29 is 14.3 Å². The predicted molar refractivity (Wildman–Crippen MR) is 128 cm³/mol. The number of likely N-dealkylation sites (tertiary alicyclic amines) is 1. The number of carbonyl (C=O) groups is 2. The molecule has 2 unspecified atom stereocenters. The van der Waals surface area contributed by atoms with Crippen molar-refractivity contribution in [3.8, 4) is 17.1 Å². The SMILES string of the molecule is CCn1c(-c2cccc(OC)c2)nc2cc(NC(C)=O)cc(C(=O)N3CC4CCCC3C4)c21. The van der Waals surface area contributed by atoms with Gasteiger partial charge in [0.15, 0.2) is 0 Å². The maximum atomic E-state index is 13.9. The summed E-state index contributed by atoms with van der Waals surface area (Å²) in [5, 5.41) is 2.85. The summed E-state index contributed by atoms with van der Waals surface area (Å²) in [5.74, 6) is 1.99. The van der Waals surface area contributed by atoms with Crippen molar-refractivity contribution in [2.24, 2.45) is 5.92 Å². The summed E-state index contributed by atoms with van der Waals surface area (Å²) in [6.07, 6.45) is 4.56. The molecule has 7 nitrogen and oxygen atoms in total. The molecule has 1 aliphatic carbocycles. The van der Waals surface area contributed by atoms with Crippen LogP contribution in [0.4, 0.5) is 5.69 Å². The molecule has 1 aromatic heterocycles. The number of methoxy groups -OCH3 is 1. The zero-order valence-electron chi connectivity index (χ0n) is 19.4. The molecule has 33 heavy (non-hydrogen) atoms. The molecule has 2 aliphatic rings. The third-order valence-corrected chi connectivity index (χ3v) is 6.95. The number of benzene rings is 2. The molecule has 7 heteroatoms. The zero-order valence-corrected chi connectivity index (χ0v) is 19.4. The van der Waals surface area contributed by atoms with Gasteiger partial charge in [0.2, 0.25) is 5.91 Å². The average molecular weight is 447 g/mol. The smallest absolute Gasteiger partial charge is 0.256 e. The monoisotopic (exact) mass is 446 g/mol. The Morgan fingerprint density at radius 2 is 2.06 bits per heavy atom. The van der Waals surface area contributed by atoms with Gasteiger partial charge in [0.1, 0.15) is 11.6 Å². The van der Waals surface area contributed by atoms with E-state index in [2.05, 4.69) is 21.7 Å². The Morgan fingerprint density at radius 3 is 2.79 bits per heavy atom. The third kappa shape index (κ3) is 3.86. The molecule has 2 heterocycles. The number of aromatic nitrogens is 2. The Morgan fingerprint density at radius 1 is 1.21 bits per heavy atom. The van der Waals surface area contributed by atoms with E-state index in [-0.39, 0.29) is 11.8 Å². The molecule has 2 amide bonds. The number of hydrogen-bond acceptors (Lipinski definition) is 4. The van der Waals surface area contributed by atoms with Crippen LogP contribution in [0.2, 0.25) is 0 Å². The molecule has 2 aromatic carbocycles. The first kappa shape index (κ1) is 21.5. The summed E-state index contributed by atoms with van der Waals surface area (Å²) in [7, 11) is 1.64. The van der Waals surface area contributed by atoms with E-state index in [0.717, 1.165) is 42.0 Å². The van der Waals surface area contributed by atoms with Gasteiger partial charge in [0, 0.05) is 37.3 Å². The van der Waals surface area contributed by atoms with E-state index in [1.807, 2.05) is 36.4 Å². The largest absolute Gasteiger partial charge is 0.497 e. The number of aryl methyl sites for hydroxylation is 1. The van der Waals surface area contributed by atoms with Crippen LogP contribution in [0.25, 0.3) is 22.4 Å². The Kier molecular flexibility index (Phi) is 5.56. The fourth-order valence-corrected chi connectivity index (χ4v) is 5.54. The number of fused-ring (bicyclic) bond motifs is 3. The molecular weight excluding hydrogens is 416 g/mol. The van der Waals surface area contributed by atoms with Gasteiger partial charge in [-0.2, -0.15) is 0 Å². The van der Waals surface area contributed by atoms with Crippen LogP contribution >= 0.6 is 0 Å². The summed E-state index contributed by atoms with van der Waals surface area (Å²) in [4.78, 5) is 32.7. The first-order valence-corrected chi connectivity index (χ1v) is 11.8. The van der Waals surface area contributed by atoms with Crippen LogP contribution in [0.5, 0.6) is 5.75 Å². The maximum Gasteiger partial charge on any atom is 0.256 e. The lowest BCUT2D eigenvalue weighted by Crippen LogP contribution is -2.35. The summed E-state index contributed by atoms with van der Waals surface area (Å²) in [6.45, 7) is 5.01. The van der Waals surface area contributed by atoms with Gasteiger partial charge in [-0.3, -0.25) is 9.59 Å². The quantitative estimate of drug-likeness (QED) is 0.616. The summed E-state index contributed by atoms with van der Waals surface area (Å²) in [5.41, 5.74) is 3.64. The second kappa shape index (κ2) is 8.54. The number of nitrogens with zero attached hydrogens (tertiary/aromatic N) is 3. The highest BCUT2D eigenvalue weighted by atomic mass is 16.5. The second-order valence-electron chi connectivity index (χ2n) is 9.13. The van der Waals surface area contributed by atoms with Crippen LogP contribution in [-0.2, 0) is 11.3 Å². The Hall–Kier alpha value is -3.35. The van der Waals surface area contributed by atoms with Gasteiger partial charge in [-0.05, 0) is 56.4 Å². The Labute approximate surface area is 193 Å². The summed E-state index contributed by atoms with van der Waals surface area (Å²) in [6, 6.07) is 11.8. The first-order chi connectivity index (χ1) is 16.0. The lowest BCUT2D eigenvalue weighted by atomic mass is 9.90. The molecular formula is C26H30N4O3. The fourth-order valence-electron chi connectivity index (χ4n) is 5.54. The highest BCUT2D eigenvalue weighted by Gasteiger charge is 2.39. The van der Waals surface area contributed by atoms with Gasteiger partial charge in [0.05, 0.1) is 23.7 Å². The first-order valence-electron chi connectivity index (χ1n) is 11.8. The number of anilines is 1. The number of amides is 2. The minimum Gasteiger partial charge on any atom is -0.497 e. The van der Waals surface area contributed by atoms with E-state index < -0.39 is 0 Å². The van der Waals surface area contributed by atoms with E-state index in [9.17, 15) is 9.59 Å². The van der Waals surface area contributed by atoms with Gasteiger partial charge in [0.25, 0.3) is 5.91 Å². The highest BCUT2D eigenvalue weighted by molar-refractivity contribution is 6.08. The van der Waals surface area contributed by atoms with Crippen LogP contribution in [0, 0.1) is 5.92 Å². The Bertz CT molecular complexity index is 1230. The number of ether oxygens (including phenoxy) is 1. The van der Waals surface area contributed by atoms with E-state index in [0.29, 0.717) is 35.3 Å². The van der Waals surface area contributed by atoms with Gasteiger partial charge < -0.3 is 19.5 Å². The van der Waals surface area contributed by atoms with Crippen molar-refractivity contribution in [2.75, 3.05) is 19.0 Å². The number of hydrogen-bond donors (Lipinski definition) is 1. The van der Waals surface area contributed by atoms with E-state index in [1.165, 1.54) is 19.8 Å². The lowest BCUT2D eigenvalue weighted by Gasteiger charge is -2.25. The number of imidazole rings is 1. The van der Waals surface area contributed by atoms with Crippen LogP contribution in [0.15, 0.2) is 36.4 Å². The fraction of sp³-hybridized carbons (Fsp3) is 0.423. The molecule has 0 spiro atoms. The molecule has 2 atom stereocenters. The zero-order chi connectivity index (χ0) is 23.1. The van der Waals surface area contributed by atoms with Crippen molar-refractivity contribution >= 4 is 28.5 Å². The number of rotatable bonds is 5. The molecule has 1 saturated heterocycles. The van der Waals surface area contributed by atoms with Gasteiger partial charge in [-0.1, -0.05) is 18.6 Å². The Balaban J connectivity index is 1.68. The maximum absolute atomic E-state index is 13.9. The summed E-state index contributed by atoms with van der Waals surface area (Å²) < 4.78 is 7.51. The van der Waals surface area contributed by atoms with Crippen LogP contribution < -0.4 is 10.1 Å². The molecule has 172 valence electrons. The van der Waals surface area contributed by atoms with Crippen LogP contribution in [-0.4, -0.2) is 46.0 Å². The van der Waals surface area contributed by atoms with Crippen molar-refractivity contribution in [3.05, 3.63) is 42.0 Å². The lowest BCUT2D eigenvalue weighted by molar-refractivity contribution is -0.114. The van der Waals surface area contributed by atoms with Crippen LogP contribution in [0.1, 0.15) is 49.9 Å². The minimum atomic E-state index is -0.173. The predicted octanol–water partition coefficient (Wildman–Crippen LogP) is 4.70. The second-order valence-corrected chi connectivity index (χ2v) is 9.13. The van der Waals surface area contributed by atoms with Crippen molar-refractivity contribution in [3.63, 3.8) is 0 Å². The topological polar surface area (TPSA) is 76.5 Å². The standard InChI is InChI=1S/C26H30N4O3/c1-4-29-24-22(26(32)30-15-17-7-5-9-20(30)11-17)13-19(27-16(2)31)14-23(24)28-25(29)18-8-6-10-21(12-18)33-3/h6,8,10,12-14,17,20H,4-5,7,9,11,15H2,1-3H3,(H,27,31). The molecule has 2 fully saturated rings. The molecule has 3 aromatic rings. The molecule has 1 saturated carbocycles.